The highest BCUT2D eigenvalue weighted by Crippen LogP contribution is 1.92. The summed E-state index contributed by atoms with van der Waals surface area (Å²) < 4.78 is 0. The highest BCUT2D eigenvalue weighted by atomic mass is 35.5. The van der Waals surface area contributed by atoms with Gasteiger partial charge in [0, 0.05) is 0 Å². The van der Waals surface area contributed by atoms with Crippen molar-refractivity contribution in [3.63, 3.8) is 0 Å². The Bertz CT molecular complexity index is 54.9. The predicted molar refractivity (Wildman–Crippen MR) is 45.2 cm³/mol. The fourth-order valence-corrected chi connectivity index (χ4v) is 0.590. The van der Waals surface area contributed by atoms with Crippen LogP contribution in [0, 0.1) is 0 Å². The summed E-state index contributed by atoms with van der Waals surface area (Å²) in [6, 6.07) is 0. The van der Waals surface area contributed by atoms with Crippen LogP contribution in [-0.4, -0.2) is 13.6 Å². The summed E-state index contributed by atoms with van der Waals surface area (Å²) in [6.45, 7) is 4.77. The smallest absolute Gasteiger partial charge is 0.00518 e. The van der Waals surface area contributed by atoms with E-state index in [1.807, 2.05) is 13.1 Å². The molecule has 0 unspecified atom stereocenters. The Balaban J connectivity index is 0. The molecule has 0 amide bonds. The third-order valence-corrected chi connectivity index (χ3v) is 1.09. The van der Waals surface area contributed by atoms with Crippen LogP contribution in [-0.2, 0) is 0 Å². The van der Waals surface area contributed by atoms with Gasteiger partial charge in [0.1, 0.15) is 0 Å². The molecule has 0 saturated carbocycles. The number of unbranched alkanes of at least 4 members (excludes halogenated alkanes) is 2. The normalized spacial score (nSPS) is 8.11. The second-order valence-electron chi connectivity index (χ2n) is 1.89. The Morgan fingerprint density at radius 2 is 2.11 bits per heavy atom. The van der Waals surface area contributed by atoms with E-state index in [0.717, 1.165) is 13.0 Å². The largest absolute Gasteiger partial charge is 0.320 e. The first-order valence-electron chi connectivity index (χ1n) is 3.17. The highest BCUT2D eigenvalue weighted by Gasteiger charge is 1.80. The van der Waals surface area contributed by atoms with E-state index in [1.54, 1.807) is 0 Å². The van der Waals surface area contributed by atoms with Crippen LogP contribution in [0.2, 0.25) is 0 Å². The Hall–Kier alpha value is -0.0100. The van der Waals surface area contributed by atoms with Gasteiger partial charge >= 0.3 is 0 Å². The molecule has 1 nitrogen and oxygen atoms in total. The molecule has 1 N–H and O–H groups in total. The van der Waals surface area contributed by atoms with E-state index in [0.29, 0.717) is 0 Å². The van der Waals surface area contributed by atoms with Crippen LogP contribution in [0.1, 0.15) is 19.3 Å². The zero-order valence-electron chi connectivity index (χ0n) is 6.02. The Morgan fingerprint density at radius 1 is 1.44 bits per heavy atom. The van der Waals surface area contributed by atoms with Crippen molar-refractivity contribution in [2.75, 3.05) is 13.6 Å². The summed E-state index contributed by atoms with van der Waals surface area (Å²) in [5.74, 6) is 0. The molecule has 56 valence electrons. The SMILES string of the molecule is C=CCCCCNC.Cl. The lowest BCUT2D eigenvalue weighted by atomic mass is 10.2. The summed E-state index contributed by atoms with van der Waals surface area (Å²) in [7, 11) is 1.98. The standard InChI is InChI=1S/C7H15N.ClH/c1-3-4-5-6-7-8-2;/h3,8H,1,4-7H2,2H3;1H. The quantitative estimate of drug-likeness (QED) is 0.466. The average molecular weight is 150 g/mol. The van der Waals surface area contributed by atoms with E-state index in [1.165, 1.54) is 12.8 Å². The molecule has 0 aromatic rings. The average Bonchev–Trinajstić information content (AvgIpc) is 1.81. The number of allylic oxidation sites excluding steroid dienone is 1. The van der Waals surface area contributed by atoms with E-state index in [9.17, 15) is 0 Å². The fourth-order valence-electron chi connectivity index (χ4n) is 0.590. The van der Waals surface area contributed by atoms with Gasteiger partial charge in [-0.3, -0.25) is 0 Å². The van der Waals surface area contributed by atoms with Crippen LogP contribution in [0.3, 0.4) is 0 Å². The lowest BCUT2D eigenvalue weighted by Gasteiger charge is -1.93. The van der Waals surface area contributed by atoms with Gasteiger partial charge in [-0.15, -0.1) is 19.0 Å². The maximum Gasteiger partial charge on any atom is -0.00518 e. The van der Waals surface area contributed by atoms with Crippen molar-refractivity contribution in [3.8, 4) is 0 Å². The van der Waals surface area contributed by atoms with Gasteiger partial charge < -0.3 is 5.32 Å². The lowest BCUT2D eigenvalue weighted by Crippen LogP contribution is -2.06. The Morgan fingerprint density at radius 3 is 2.56 bits per heavy atom. The molecule has 0 aliphatic heterocycles. The molecule has 0 aromatic carbocycles. The lowest BCUT2D eigenvalue weighted by molar-refractivity contribution is 0.685. The second-order valence-corrected chi connectivity index (χ2v) is 1.89. The van der Waals surface area contributed by atoms with E-state index < -0.39 is 0 Å². The molecular formula is C7H16ClN. The zero-order valence-corrected chi connectivity index (χ0v) is 6.84. The zero-order chi connectivity index (χ0) is 6.24. The summed E-state index contributed by atoms with van der Waals surface area (Å²) in [5.41, 5.74) is 0. The van der Waals surface area contributed by atoms with E-state index in [-0.39, 0.29) is 12.4 Å². The number of rotatable bonds is 5. The van der Waals surface area contributed by atoms with Crippen molar-refractivity contribution in [1.29, 1.82) is 0 Å². The van der Waals surface area contributed by atoms with E-state index in [4.69, 9.17) is 0 Å². The molecule has 0 radical (unpaired) electrons. The summed E-state index contributed by atoms with van der Waals surface area (Å²) >= 11 is 0. The molecular weight excluding hydrogens is 134 g/mol. The molecule has 0 rings (SSSR count). The van der Waals surface area contributed by atoms with Gasteiger partial charge in [0.2, 0.25) is 0 Å². The fraction of sp³-hybridized carbons (Fsp3) is 0.714. The van der Waals surface area contributed by atoms with Crippen LogP contribution in [0.4, 0.5) is 0 Å². The van der Waals surface area contributed by atoms with Gasteiger partial charge in [0.25, 0.3) is 0 Å². The van der Waals surface area contributed by atoms with Crippen LogP contribution >= 0.6 is 12.4 Å². The van der Waals surface area contributed by atoms with Gasteiger partial charge in [-0.2, -0.15) is 0 Å². The predicted octanol–water partition coefficient (Wildman–Crippen LogP) is 1.98. The molecule has 0 aromatic heterocycles. The van der Waals surface area contributed by atoms with E-state index >= 15 is 0 Å². The molecule has 0 saturated heterocycles. The monoisotopic (exact) mass is 149 g/mol. The maximum atomic E-state index is 3.64. The molecule has 0 atom stereocenters. The first-order valence-corrected chi connectivity index (χ1v) is 3.17. The highest BCUT2D eigenvalue weighted by molar-refractivity contribution is 5.85. The second kappa shape index (κ2) is 10.9. The van der Waals surface area contributed by atoms with Crippen molar-refractivity contribution >= 4 is 12.4 Å². The van der Waals surface area contributed by atoms with Gasteiger partial charge in [-0.1, -0.05) is 6.08 Å². The van der Waals surface area contributed by atoms with Gasteiger partial charge in [0.05, 0.1) is 0 Å². The van der Waals surface area contributed by atoms with Crippen LogP contribution in [0.25, 0.3) is 0 Å². The van der Waals surface area contributed by atoms with Crippen molar-refractivity contribution in [1.82, 2.24) is 5.32 Å². The topological polar surface area (TPSA) is 12.0 Å². The van der Waals surface area contributed by atoms with Crippen LogP contribution in [0.15, 0.2) is 12.7 Å². The van der Waals surface area contributed by atoms with Crippen LogP contribution in [0.5, 0.6) is 0 Å². The van der Waals surface area contributed by atoms with Crippen molar-refractivity contribution in [3.05, 3.63) is 12.7 Å². The molecule has 9 heavy (non-hydrogen) atoms. The summed E-state index contributed by atoms with van der Waals surface area (Å²) in [4.78, 5) is 0. The van der Waals surface area contributed by atoms with Crippen LogP contribution < -0.4 is 5.32 Å². The molecule has 0 bridgehead atoms. The number of nitrogens with one attached hydrogen (secondary N) is 1. The molecule has 0 fully saturated rings. The maximum absolute atomic E-state index is 3.64. The van der Waals surface area contributed by atoms with Crippen molar-refractivity contribution in [2.24, 2.45) is 0 Å². The first kappa shape index (κ1) is 11.7. The number of hydrogen-bond donors (Lipinski definition) is 1. The molecule has 2 heteroatoms. The molecule has 0 aliphatic carbocycles. The molecule has 0 spiro atoms. The third-order valence-electron chi connectivity index (χ3n) is 1.09. The number of hydrogen-bond acceptors (Lipinski definition) is 1. The molecule has 0 aliphatic rings. The Kier molecular flexibility index (Phi) is 14.2. The Labute approximate surface area is 63.9 Å². The third kappa shape index (κ3) is 11.5. The van der Waals surface area contributed by atoms with Crippen molar-refractivity contribution in [2.45, 2.75) is 19.3 Å². The minimum atomic E-state index is 0. The van der Waals surface area contributed by atoms with Crippen molar-refractivity contribution < 1.29 is 0 Å². The summed E-state index contributed by atoms with van der Waals surface area (Å²) in [6.07, 6.45) is 5.66. The van der Waals surface area contributed by atoms with E-state index in [2.05, 4.69) is 11.9 Å². The van der Waals surface area contributed by atoms with Gasteiger partial charge in [-0.25, -0.2) is 0 Å². The number of halogens is 1. The van der Waals surface area contributed by atoms with Gasteiger partial charge in [0.15, 0.2) is 0 Å². The molecule has 0 heterocycles. The minimum absolute atomic E-state index is 0. The van der Waals surface area contributed by atoms with Gasteiger partial charge in [-0.05, 0) is 32.9 Å². The minimum Gasteiger partial charge on any atom is -0.320 e. The first-order chi connectivity index (χ1) is 3.91. The summed E-state index contributed by atoms with van der Waals surface area (Å²) in [5, 5.41) is 3.09.